The van der Waals surface area contributed by atoms with Crippen molar-refractivity contribution in [1.29, 1.82) is 0 Å². The number of ketones is 1. The highest BCUT2D eigenvalue weighted by Gasteiger charge is 2.08. The van der Waals surface area contributed by atoms with E-state index in [9.17, 15) is 4.79 Å². The van der Waals surface area contributed by atoms with Gasteiger partial charge in [-0.2, -0.15) is 0 Å². The summed E-state index contributed by atoms with van der Waals surface area (Å²) >= 11 is 0. The second-order valence-electron chi connectivity index (χ2n) is 3.83. The number of carbonyl (C=O) groups excluding carboxylic acids is 1. The Bertz CT molecular complexity index is 462. The predicted octanol–water partition coefficient (Wildman–Crippen LogP) is 4.34. The number of hydrogen-bond acceptors (Lipinski definition) is 1. The molecule has 1 aromatic rings. The van der Waals surface area contributed by atoms with Gasteiger partial charge >= 0.3 is 0 Å². The van der Waals surface area contributed by atoms with Gasteiger partial charge in [0, 0.05) is 11.1 Å². The average molecular weight is 226 g/mol. The molecule has 0 spiro atoms. The molecule has 0 aliphatic carbocycles. The van der Waals surface area contributed by atoms with Crippen LogP contribution in [0.2, 0.25) is 0 Å². The van der Waals surface area contributed by atoms with Crippen molar-refractivity contribution in [2.24, 2.45) is 0 Å². The quantitative estimate of drug-likeness (QED) is 0.424. The van der Waals surface area contributed by atoms with Crippen LogP contribution in [-0.4, -0.2) is 5.78 Å². The second kappa shape index (κ2) is 6.64. The first-order valence-corrected chi connectivity index (χ1v) is 5.76. The van der Waals surface area contributed by atoms with E-state index in [2.05, 4.69) is 0 Å². The third-order valence-corrected chi connectivity index (χ3v) is 2.42. The zero-order valence-electron chi connectivity index (χ0n) is 10.6. The molecule has 0 atom stereocenters. The summed E-state index contributed by atoms with van der Waals surface area (Å²) in [4.78, 5) is 12.2. The van der Waals surface area contributed by atoms with Gasteiger partial charge in [0.2, 0.25) is 0 Å². The Morgan fingerprint density at radius 3 is 2.29 bits per heavy atom. The molecule has 0 aromatic heterocycles. The molecule has 1 heteroatoms. The number of benzene rings is 1. The molecule has 0 saturated carbocycles. The van der Waals surface area contributed by atoms with Gasteiger partial charge in [-0.3, -0.25) is 4.79 Å². The Hall–Kier alpha value is -1.89. The summed E-state index contributed by atoms with van der Waals surface area (Å²) in [6, 6.07) is 9.34. The fourth-order valence-corrected chi connectivity index (χ4v) is 1.59. The van der Waals surface area contributed by atoms with Gasteiger partial charge in [-0.15, -0.1) is 0 Å². The average Bonchev–Trinajstić information content (AvgIpc) is 2.36. The minimum atomic E-state index is 0.0666. The first kappa shape index (κ1) is 13.2. The molecule has 88 valence electrons. The molecular weight excluding hydrogens is 208 g/mol. The Balaban J connectivity index is 2.98. The summed E-state index contributed by atoms with van der Waals surface area (Å²) in [5, 5.41) is 0. The first-order chi connectivity index (χ1) is 8.19. The summed E-state index contributed by atoms with van der Waals surface area (Å²) in [7, 11) is 0. The Morgan fingerprint density at radius 2 is 1.76 bits per heavy atom. The fraction of sp³-hybridized carbons (Fsp3) is 0.188. The van der Waals surface area contributed by atoms with Crippen molar-refractivity contribution in [3.8, 4) is 0 Å². The second-order valence-corrected chi connectivity index (χ2v) is 3.83. The normalized spacial score (nSPS) is 13.1. The standard InChI is InChI=1S/C16H18O/c1-4-9-13(3)12-14(5-2)16(17)15-10-7-6-8-11-15/h4-12H,1-3H3/b9-4-,13-12-,14-5-. The van der Waals surface area contributed by atoms with Gasteiger partial charge in [-0.05, 0) is 26.8 Å². The third kappa shape index (κ3) is 3.87. The minimum absolute atomic E-state index is 0.0666. The van der Waals surface area contributed by atoms with E-state index in [4.69, 9.17) is 0 Å². The molecular formula is C16H18O. The Kier molecular flexibility index (Phi) is 5.15. The lowest BCUT2D eigenvalue weighted by Crippen LogP contribution is -2.01. The molecule has 0 amide bonds. The Morgan fingerprint density at radius 1 is 1.12 bits per heavy atom. The molecule has 0 saturated heterocycles. The van der Waals surface area contributed by atoms with Crippen LogP contribution in [0.25, 0.3) is 0 Å². The van der Waals surface area contributed by atoms with Crippen LogP contribution >= 0.6 is 0 Å². The van der Waals surface area contributed by atoms with Crippen molar-refractivity contribution in [3.63, 3.8) is 0 Å². The maximum Gasteiger partial charge on any atom is 0.192 e. The highest BCUT2D eigenvalue weighted by atomic mass is 16.1. The topological polar surface area (TPSA) is 17.1 Å². The molecule has 17 heavy (non-hydrogen) atoms. The maximum absolute atomic E-state index is 12.2. The van der Waals surface area contributed by atoms with Crippen LogP contribution in [0.4, 0.5) is 0 Å². The maximum atomic E-state index is 12.2. The summed E-state index contributed by atoms with van der Waals surface area (Å²) in [5.41, 5.74) is 2.53. The van der Waals surface area contributed by atoms with Crippen LogP contribution in [0.3, 0.4) is 0 Å². The zero-order chi connectivity index (χ0) is 12.7. The highest BCUT2D eigenvalue weighted by Crippen LogP contribution is 2.12. The molecule has 1 nitrogen and oxygen atoms in total. The van der Waals surface area contributed by atoms with Crippen LogP contribution in [-0.2, 0) is 0 Å². The lowest BCUT2D eigenvalue weighted by atomic mass is 10.0. The van der Waals surface area contributed by atoms with E-state index in [0.29, 0.717) is 0 Å². The van der Waals surface area contributed by atoms with Crippen molar-refractivity contribution in [2.75, 3.05) is 0 Å². The monoisotopic (exact) mass is 226 g/mol. The fourth-order valence-electron chi connectivity index (χ4n) is 1.59. The van der Waals surface area contributed by atoms with Crippen molar-refractivity contribution >= 4 is 5.78 Å². The molecule has 0 aliphatic rings. The summed E-state index contributed by atoms with van der Waals surface area (Å²) in [5.74, 6) is 0.0666. The van der Waals surface area contributed by atoms with E-state index in [1.165, 1.54) is 0 Å². The van der Waals surface area contributed by atoms with Crippen LogP contribution in [0, 0.1) is 0 Å². The van der Waals surface area contributed by atoms with Crippen LogP contribution in [0.15, 0.2) is 65.8 Å². The van der Waals surface area contributed by atoms with E-state index in [0.717, 1.165) is 16.7 Å². The van der Waals surface area contributed by atoms with E-state index in [1.807, 2.05) is 75.4 Å². The lowest BCUT2D eigenvalue weighted by Gasteiger charge is -2.02. The summed E-state index contributed by atoms with van der Waals surface area (Å²) in [6.07, 6.45) is 7.71. The molecule has 0 fully saturated rings. The smallest absolute Gasteiger partial charge is 0.192 e. The first-order valence-electron chi connectivity index (χ1n) is 5.76. The summed E-state index contributed by atoms with van der Waals surface area (Å²) < 4.78 is 0. The zero-order valence-corrected chi connectivity index (χ0v) is 10.6. The summed E-state index contributed by atoms with van der Waals surface area (Å²) in [6.45, 7) is 5.84. The van der Waals surface area contributed by atoms with Crippen molar-refractivity contribution < 1.29 is 4.79 Å². The molecule has 0 bridgehead atoms. The molecule has 0 unspecified atom stereocenters. The highest BCUT2D eigenvalue weighted by molar-refractivity contribution is 6.10. The van der Waals surface area contributed by atoms with Gasteiger partial charge in [0.05, 0.1) is 0 Å². The molecule has 1 rings (SSSR count). The van der Waals surface area contributed by atoms with Gasteiger partial charge in [0.15, 0.2) is 5.78 Å². The van der Waals surface area contributed by atoms with Gasteiger partial charge < -0.3 is 0 Å². The van der Waals surface area contributed by atoms with E-state index in [1.54, 1.807) is 0 Å². The van der Waals surface area contributed by atoms with Crippen LogP contribution < -0.4 is 0 Å². The third-order valence-electron chi connectivity index (χ3n) is 2.42. The van der Waals surface area contributed by atoms with Crippen molar-refractivity contribution in [1.82, 2.24) is 0 Å². The molecule has 0 heterocycles. The number of Topliss-reactive ketones (excluding diaryl/α,β-unsaturated/α-hetero) is 1. The molecule has 0 radical (unpaired) electrons. The minimum Gasteiger partial charge on any atom is -0.289 e. The number of hydrogen-bond donors (Lipinski definition) is 0. The van der Waals surface area contributed by atoms with Crippen LogP contribution in [0.5, 0.6) is 0 Å². The van der Waals surface area contributed by atoms with E-state index in [-0.39, 0.29) is 5.78 Å². The molecule has 0 aliphatic heterocycles. The molecule has 0 N–H and O–H groups in total. The predicted molar refractivity (Wildman–Crippen MR) is 73.1 cm³/mol. The molecule has 1 aromatic carbocycles. The largest absolute Gasteiger partial charge is 0.289 e. The number of allylic oxidation sites excluding steroid dienone is 6. The lowest BCUT2D eigenvalue weighted by molar-refractivity contribution is 0.103. The van der Waals surface area contributed by atoms with E-state index < -0.39 is 0 Å². The Labute approximate surface area is 103 Å². The number of rotatable bonds is 4. The number of carbonyl (C=O) groups is 1. The van der Waals surface area contributed by atoms with Gasteiger partial charge in [0.1, 0.15) is 0 Å². The van der Waals surface area contributed by atoms with Crippen molar-refractivity contribution in [2.45, 2.75) is 20.8 Å². The van der Waals surface area contributed by atoms with Crippen LogP contribution in [0.1, 0.15) is 31.1 Å². The van der Waals surface area contributed by atoms with Gasteiger partial charge in [0.25, 0.3) is 0 Å². The van der Waals surface area contributed by atoms with Crippen molar-refractivity contribution in [3.05, 3.63) is 71.3 Å². The van der Waals surface area contributed by atoms with E-state index >= 15 is 0 Å². The SMILES string of the molecule is C\C=C/C(C)=C\C(=C\C)C(=O)c1ccccc1. The van der Waals surface area contributed by atoms with Gasteiger partial charge in [-0.25, -0.2) is 0 Å². The van der Waals surface area contributed by atoms with Gasteiger partial charge in [-0.1, -0.05) is 54.1 Å².